The number of carbonyl (C=O) groups excluding carboxylic acids is 2. The molecule has 1 aromatic rings. The van der Waals surface area contributed by atoms with Crippen molar-refractivity contribution in [3.63, 3.8) is 0 Å². The van der Waals surface area contributed by atoms with Gasteiger partial charge in [-0.2, -0.15) is 0 Å². The maximum absolute atomic E-state index is 12.1. The van der Waals surface area contributed by atoms with Crippen LogP contribution in [-0.2, 0) is 20.8 Å². The molecule has 118 valence electrons. The zero-order valence-corrected chi connectivity index (χ0v) is 12.6. The third-order valence-electron chi connectivity index (χ3n) is 3.83. The third kappa shape index (κ3) is 4.07. The highest BCUT2D eigenvalue weighted by molar-refractivity contribution is 5.90. The van der Waals surface area contributed by atoms with E-state index in [9.17, 15) is 14.4 Å². The average molecular weight is 304 g/mol. The first-order valence-corrected chi connectivity index (χ1v) is 7.26. The van der Waals surface area contributed by atoms with E-state index in [1.54, 1.807) is 4.90 Å². The van der Waals surface area contributed by atoms with Gasteiger partial charge < -0.3 is 14.9 Å². The highest BCUT2D eigenvalue weighted by Gasteiger charge is 2.35. The summed E-state index contributed by atoms with van der Waals surface area (Å²) in [5.74, 6) is -1.82. The minimum atomic E-state index is -1.05. The van der Waals surface area contributed by atoms with Gasteiger partial charge in [0, 0.05) is 26.6 Å². The van der Waals surface area contributed by atoms with E-state index in [1.165, 1.54) is 11.9 Å². The Hall–Kier alpha value is -2.37. The monoisotopic (exact) mass is 304 g/mol. The van der Waals surface area contributed by atoms with Crippen molar-refractivity contribution in [2.24, 2.45) is 5.92 Å². The summed E-state index contributed by atoms with van der Waals surface area (Å²) in [6.45, 7) is 0.608. The Morgan fingerprint density at radius 3 is 2.64 bits per heavy atom. The van der Waals surface area contributed by atoms with E-state index >= 15 is 0 Å². The minimum Gasteiger partial charge on any atom is -0.480 e. The maximum atomic E-state index is 12.1. The Labute approximate surface area is 129 Å². The number of benzene rings is 1. The Bertz CT molecular complexity index is 559. The number of likely N-dealkylation sites (N-methyl/N-ethyl adjacent to an activating group) is 1. The number of amides is 2. The molecule has 0 aromatic heterocycles. The SMILES string of the molecule is CN(CC(=O)O)C(=O)[C@@H]1CC(=O)N(CCc2ccccc2)C1. The van der Waals surface area contributed by atoms with Crippen molar-refractivity contribution < 1.29 is 19.5 Å². The van der Waals surface area contributed by atoms with Crippen LogP contribution in [0, 0.1) is 5.92 Å². The first-order valence-electron chi connectivity index (χ1n) is 7.26. The molecule has 1 heterocycles. The molecule has 1 fully saturated rings. The van der Waals surface area contributed by atoms with Gasteiger partial charge in [0.15, 0.2) is 0 Å². The fraction of sp³-hybridized carbons (Fsp3) is 0.438. The molecule has 0 spiro atoms. The Balaban J connectivity index is 1.87. The predicted molar refractivity (Wildman–Crippen MR) is 80.1 cm³/mol. The van der Waals surface area contributed by atoms with Crippen LogP contribution in [0.1, 0.15) is 12.0 Å². The summed E-state index contributed by atoms with van der Waals surface area (Å²) in [6.07, 6.45) is 0.913. The molecular formula is C16H20N2O4. The van der Waals surface area contributed by atoms with E-state index in [-0.39, 0.29) is 24.8 Å². The molecule has 1 atom stereocenters. The van der Waals surface area contributed by atoms with Gasteiger partial charge in [0.2, 0.25) is 11.8 Å². The predicted octanol–water partition coefficient (Wildman–Crippen LogP) is 0.621. The molecule has 0 bridgehead atoms. The van der Waals surface area contributed by atoms with E-state index in [0.717, 1.165) is 12.0 Å². The lowest BCUT2D eigenvalue weighted by Crippen LogP contribution is -2.38. The van der Waals surface area contributed by atoms with Gasteiger partial charge in [-0.25, -0.2) is 0 Å². The minimum absolute atomic E-state index is 0.0435. The second-order valence-electron chi connectivity index (χ2n) is 5.56. The lowest BCUT2D eigenvalue weighted by Gasteiger charge is -2.20. The molecule has 0 saturated carbocycles. The molecule has 1 aliphatic rings. The summed E-state index contributed by atoms with van der Waals surface area (Å²) in [7, 11) is 1.45. The van der Waals surface area contributed by atoms with Crippen molar-refractivity contribution in [1.82, 2.24) is 9.80 Å². The molecule has 0 unspecified atom stereocenters. The first-order chi connectivity index (χ1) is 10.5. The molecule has 0 aliphatic carbocycles. The molecular weight excluding hydrogens is 284 g/mol. The maximum Gasteiger partial charge on any atom is 0.323 e. The highest BCUT2D eigenvalue weighted by Crippen LogP contribution is 2.20. The molecule has 6 nitrogen and oxygen atoms in total. The summed E-state index contributed by atoms with van der Waals surface area (Å²) in [5, 5.41) is 8.72. The summed E-state index contributed by atoms with van der Waals surface area (Å²) in [5.41, 5.74) is 1.15. The third-order valence-corrected chi connectivity index (χ3v) is 3.83. The number of carboxylic acids is 1. The van der Waals surface area contributed by atoms with Crippen LogP contribution < -0.4 is 0 Å². The fourth-order valence-corrected chi connectivity index (χ4v) is 2.65. The molecule has 1 aromatic carbocycles. The second-order valence-corrected chi connectivity index (χ2v) is 5.56. The molecule has 2 amide bonds. The molecule has 2 rings (SSSR count). The van der Waals surface area contributed by atoms with Crippen LogP contribution in [-0.4, -0.2) is 59.4 Å². The van der Waals surface area contributed by atoms with Crippen LogP contribution in [0.3, 0.4) is 0 Å². The van der Waals surface area contributed by atoms with Crippen molar-refractivity contribution >= 4 is 17.8 Å². The summed E-state index contributed by atoms with van der Waals surface area (Å²) < 4.78 is 0. The fourth-order valence-electron chi connectivity index (χ4n) is 2.65. The van der Waals surface area contributed by atoms with Gasteiger partial charge in [-0.1, -0.05) is 30.3 Å². The number of nitrogens with zero attached hydrogens (tertiary/aromatic N) is 2. The molecule has 1 aliphatic heterocycles. The lowest BCUT2D eigenvalue weighted by molar-refractivity contribution is -0.145. The van der Waals surface area contributed by atoms with Gasteiger partial charge in [-0.05, 0) is 12.0 Å². The second kappa shape index (κ2) is 7.06. The summed E-state index contributed by atoms with van der Waals surface area (Å²) in [4.78, 5) is 37.6. The van der Waals surface area contributed by atoms with Crippen LogP contribution in [0.4, 0.5) is 0 Å². The van der Waals surface area contributed by atoms with Crippen molar-refractivity contribution in [2.75, 3.05) is 26.7 Å². The van der Waals surface area contributed by atoms with Gasteiger partial charge in [-0.3, -0.25) is 14.4 Å². The largest absolute Gasteiger partial charge is 0.480 e. The van der Waals surface area contributed by atoms with Gasteiger partial charge >= 0.3 is 5.97 Å². The van der Waals surface area contributed by atoms with Gasteiger partial charge in [-0.15, -0.1) is 0 Å². The number of hydrogen-bond acceptors (Lipinski definition) is 3. The number of aliphatic carboxylic acids is 1. The van der Waals surface area contributed by atoms with Crippen molar-refractivity contribution in [3.05, 3.63) is 35.9 Å². The molecule has 1 N–H and O–H groups in total. The number of likely N-dealkylation sites (tertiary alicyclic amines) is 1. The van der Waals surface area contributed by atoms with Crippen LogP contribution in [0.25, 0.3) is 0 Å². The molecule has 6 heteroatoms. The smallest absolute Gasteiger partial charge is 0.323 e. The Morgan fingerprint density at radius 2 is 2.00 bits per heavy atom. The molecule has 0 radical (unpaired) electrons. The van der Waals surface area contributed by atoms with E-state index in [1.807, 2.05) is 30.3 Å². The Morgan fingerprint density at radius 1 is 1.32 bits per heavy atom. The number of rotatable bonds is 6. The average Bonchev–Trinajstić information content (AvgIpc) is 2.86. The lowest BCUT2D eigenvalue weighted by atomic mass is 10.1. The van der Waals surface area contributed by atoms with Gasteiger partial charge in [0.1, 0.15) is 6.54 Å². The van der Waals surface area contributed by atoms with Crippen LogP contribution >= 0.6 is 0 Å². The molecule has 1 saturated heterocycles. The van der Waals surface area contributed by atoms with Crippen LogP contribution in [0.15, 0.2) is 30.3 Å². The normalized spacial score (nSPS) is 17.6. The Kier molecular flexibility index (Phi) is 5.14. The highest BCUT2D eigenvalue weighted by atomic mass is 16.4. The van der Waals surface area contributed by atoms with Crippen molar-refractivity contribution in [2.45, 2.75) is 12.8 Å². The van der Waals surface area contributed by atoms with Crippen molar-refractivity contribution in [1.29, 1.82) is 0 Å². The van der Waals surface area contributed by atoms with E-state index in [0.29, 0.717) is 13.1 Å². The molecule has 22 heavy (non-hydrogen) atoms. The van der Waals surface area contributed by atoms with E-state index in [2.05, 4.69) is 0 Å². The number of hydrogen-bond donors (Lipinski definition) is 1. The first kappa shape index (κ1) is 16.0. The van der Waals surface area contributed by atoms with Gasteiger partial charge in [0.05, 0.1) is 5.92 Å². The summed E-state index contributed by atoms with van der Waals surface area (Å²) in [6, 6.07) is 9.85. The van der Waals surface area contributed by atoms with Gasteiger partial charge in [0.25, 0.3) is 0 Å². The van der Waals surface area contributed by atoms with E-state index in [4.69, 9.17) is 5.11 Å². The van der Waals surface area contributed by atoms with Crippen LogP contribution in [0.5, 0.6) is 0 Å². The number of carbonyl (C=O) groups is 3. The zero-order valence-electron chi connectivity index (χ0n) is 12.6. The summed E-state index contributed by atoms with van der Waals surface area (Å²) >= 11 is 0. The number of carboxylic acid groups (broad SMARTS) is 1. The topological polar surface area (TPSA) is 77.9 Å². The standard InChI is InChI=1S/C16H20N2O4/c1-17(11-15(20)21)16(22)13-9-14(19)18(10-13)8-7-12-5-3-2-4-6-12/h2-6,13H,7-11H2,1H3,(H,20,21)/t13-/m1/s1. The quantitative estimate of drug-likeness (QED) is 0.836. The van der Waals surface area contributed by atoms with E-state index < -0.39 is 11.9 Å². The zero-order chi connectivity index (χ0) is 16.1. The van der Waals surface area contributed by atoms with Crippen LogP contribution in [0.2, 0.25) is 0 Å². The van der Waals surface area contributed by atoms with Crippen molar-refractivity contribution in [3.8, 4) is 0 Å².